The van der Waals surface area contributed by atoms with Gasteiger partial charge in [-0.1, -0.05) is 12.1 Å². The zero-order valence-electron chi connectivity index (χ0n) is 10.2. The monoisotopic (exact) mass is 344 g/mol. The Morgan fingerprint density at radius 1 is 1.53 bits per heavy atom. The Labute approximate surface area is 116 Å². The van der Waals surface area contributed by atoms with Crippen LogP contribution in [0.15, 0.2) is 18.2 Å². The number of amides is 1. The van der Waals surface area contributed by atoms with Crippen molar-refractivity contribution >= 4 is 28.5 Å². The summed E-state index contributed by atoms with van der Waals surface area (Å²) < 4.78 is 1.06. The fourth-order valence-corrected chi connectivity index (χ4v) is 2.73. The lowest BCUT2D eigenvalue weighted by Crippen LogP contribution is -2.38. The molecule has 4 heteroatoms. The summed E-state index contributed by atoms with van der Waals surface area (Å²) in [5.74, 6) is 0.131. The van der Waals surface area contributed by atoms with Gasteiger partial charge in [0.2, 0.25) is 0 Å². The molecule has 0 aromatic heterocycles. The molecule has 1 heterocycles. The fraction of sp³-hybridized carbons (Fsp3) is 0.462. The van der Waals surface area contributed by atoms with E-state index in [0.29, 0.717) is 6.04 Å². The Bertz CT molecular complexity index is 427. The second-order valence-corrected chi connectivity index (χ2v) is 5.58. The number of benzene rings is 1. The zero-order valence-corrected chi connectivity index (χ0v) is 12.3. The minimum absolute atomic E-state index is 0.131. The molecule has 0 spiro atoms. The van der Waals surface area contributed by atoms with Crippen LogP contribution < -0.4 is 5.32 Å². The average Bonchev–Trinajstić information content (AvgIpc) is 2.84. The molecule has 92 valence electrons. The molecule has 2 rings (SSSR count). The number of aryl methyl sites for hydroxylation is 1. The van der Waals surface area contributed by atoms with Crippen molar-refractivity contribution in [3.05, 3.63) is 32.9 Å². The fourth-order valence-electron chi connectivity index (χ4n) is 2.14. The van der Waals surface area contributed by atoms with Crippen molar-refractivity contribution in [3.63, 3.8) is 0 Å². The van der Waals surface area contributed by atoms with Crippen molar-refractivity contribution in [3.8, 4) is 0 Å². The van der Waals surface area contributed by atoms with Crippen LogP contribution in [0.5, 0.6) is 0 Å². The molecule has 3 nitrogen and oxygen atoms in total. The van der Waals surface area contributed by atoms with Crippen LogP contribution in [0.1, 0.15) is 22.3 Å². The third kappa shape index (κ3) is 2.63. The van der Waals surface area contributed by atoms with Crippen molar-refractivity contribution in [2.75, 3.05) is 20.1 Å². The zero-order chi connectivity index (χ0) is 12.4. The second kappa shape index (κ2) is 5.35. The van der Waals surface area contributed by atoms with Crippen LogP contribution in [0.2, 0.25) is 0 Å². The van der Waals surface area contributed by atoms with Gasteiger partial charge in [-0.15, -0.1) is 0 Å². The largest absolute Gasteiger partial charge is 0.337 e. The molecule has 1 aromatic rings. The topological polar surface area (TPSA) is 32.3 Å². The summed E-state index contributed by atoms with van der Waals surface area (Å²) in [6.45, 7) is 3.95. The summed E-state index contributed by atoms with van der Waals surface area (Å²) >= 11 is 2.25. The molecule has 17 heavy (non-hydrogen) atoms. The summed E-state index contributed by atoms with van der Waals surface area (Å²) in [6, 6.07) is 6.23. The molecule has 1 aliphatic rings. The summed E-state index contributed by atoms with van der Waals surface area (Å²) in [5.41, 5.74) is 1.98. The molecule has 1 fully saturated rings. The number of carbonyl (C=O) groups excluding carboxylic acids is 1. The maximum atomic E-state index is 12.4. The third-order valence-corrected chi connectivity index (χ3v) is 4.76. The Hall–Kier alpha value is -0.620. The number of halogens is 1. The predicted molar refractivity (Wildman–Crippen MR) is 77.3 cm³/mol. The lowest BCUT2D eigenvalue weighted by Gasteiger charge is -2.24. The quantitative estimate of drug-likeness (QED) is 0.833. The maximum absolute atomic E-state index is 12.4. The summed E-state index contributed by atoms with van der Waals surface area (Å²) in [4.78, 5) is 14.3. The number of carbonyl (C=O) groups is 1. The van der Waals surface area contributed by atoms with Crippen molar-refractivity contribution < 1.29 is 4.79 Å². The van der Waals surface area contributed by atoms with E-state index in [0.717, 1.165) is 34.2 Å². The summed E-state index contributed by atoms with van der Waals surface area (Å²) in [7, 11) is 1.90. The van der Waals surface area contributed by atoms with Crippen LogP contribution in [0.3, 0.4) is 0 Å². The lowest BCUT2D eigenvalue weighted by molar-refractivity contribution is 0.0742. The van der Waals surface area contributed by atoms with E-state index in [1.54, 1.807) is 0 Å². The first kappa shape index (κ1) is 12.8. The lowest BCUT2D eigenvalue weighted by atomic mass is 10.1. The van der Waals surface area contributed by atoms with E-state index in [1.165, 1.54) is 0 Å². The number of likely N-dealkylation sites (N-methyl/N-ethyl adjacent to an activating group) is 1. The van der Waals surface area contributed by atoms with E-state index in [2.05, 4.69) is 27.9 Å². The molecule has 0 radical (unpaired) electrons. The molecule has 0 saturated carbocycles. The van der Waals surface area contributed by atoms with E-state index in [9.17, 15) is 4.79 Å². The molecule has 1 aromatic carbocycles. The van der Waals surface area contributed by atoms with Crippen molar-refractivity contribution in [1.82, 2.24) is 10.2 Å². The van der Waals surface area contributed by atoms with Gasteiger partial charge < -0.3 is 10.2 Å². The van der Waals surface area contributed by atoms with Crippen molar-refractivity contribution in [1.29, 1.82) is 0 Å². The van der Waals surface area contributed by atoms with Crippen molar-refractivity contribution in [2.24, 2.45) is 0 Å². The third-order valence-electron chi connectivity index (χ3n) is 3.32. The van der Waals surface area contributed by atoms with Crippen LogP contribution in [-0.2, 0) is 0 Å². The first-order valence-corrected chi connectivity index (χ1v) is 6.92. The van der Waals surface area contributed by atoms with Crippen LogP contribution in [-0.4, -0.2) is 37.0 Å². The Morgan fingerprint density at radius 2 is 2.29 bits per heavy atom. The van der Waals surface area contributed by atoms with E-state index >= 15 is 0 Å². The molecule has 1 saturated heterocycles. The number of hydrogen-bond acceptors (Lipinski definition) is 2. The number of nitrogens with one attached hydrogen (secondary N) is 1. The standard InChI is InChI=1S/C13H17IN2O/c1-9-4-3-5-11(12(9)14)13(17)16(2)10-6-7-15-8-10/h3-5,10,15H,6-8H2,1-2H3. The van der Waals surface area contributed by atoms with E-state index in [4.69, 9.17) is 0 Å². The number of rotatable bonds is 2. The van der Waals surface area contributed by atoms with Gasteiger partial charge in [-0.25, -0.2) is 0 Å². The SMILES string of the molecule is Cc1cccc(C(=O)N(C)C2CCNC2)c1I. The summed E-state index contributed by atoms with van der Waals surface area (Å²) in [5, 5.41) is 3.29. The molecule has 1 amide bonds. The molecule has 1 atom stereocenters. The van der Waals surface area contributed by atoms with E-state index in [1.807, 2.05) is 37.1 Å². The Morgan fingerprint density at radius 3 is 2.94 bits per heavy atom. The normalized spacial score (nSPS) is 19.4. The molecular formula is C13H17IN2O. The molecule has 1 aliphatic heterocycles. The molecule has 0 bridgehead atoms. The molecule has 0 aliphatic carbocycles. The number of nitrogens with zero attached hydrogens (tertiary/aromatic N) is 1. The van der Waals surface area contributed by atoms with Crippen LogP contribution in [0.4, 0.5) is 0 Å². The minimum Gasteiger partial charge on any atom is -0.337 e. The minimum atomic E-state index is 0.131. The maximum Gasteiger partial charge on any atom is 0.254 e. The highest BCUT2D eigenvalue weighted by Gasteiger charge is 2.25. The van der Waals surface area contributed by atoms with Crippen LogP contribution in [0.25, 0.3) is 0 Å². The van der Waals surface area contributed by atoms with E-state index < -0.39 is 0 Å². The van der Waals surface area contributed by atoms with Gasteiger partial charge >= 0.3 is 0 Å². The van der Waals surface area contributed by atoms with Gasteiger partial charge in [0, 0.05) is 23.2 Å². The van der Waals surface area contributed by atoms with E-state index in [-0.39, 0.29) is 5.91 Å². The highest BCUT2D eigenvalue weighted by Crippen LogP contribution is 2.19. The second-order valence-electron chi connectivity index (χ2n) is 4.50. The number of hydrogen-bond donors (Lipinski definition) is 1. The molecular weight excluding hydrogens is 327 g/mol. The predicted octanol–water partition coefficient (Wildman–Crippen LogP) is 2.03. The average molecular weight is 344 g/mol. The first-order chi connectivity index (χ1) is 8.11. The molecule has 1 N–H and O–H groups in total. The van der Waals surface area contributed by atoms with Crippen LogP contribution in [0, 0.1) is 10.5 Å². The molecule has 1 unspecified atom stereocenters. The smallest absolute Gasteiger partial charge is 0.254 e. The Kier molecular flexibility index (Phi) is 4.04. The van der Waals surface area contributed by atoms with Gasteiger partial charge in [0.05, 0.1) is 5.56 Å². The van der Waals surface area contributed by atoms with Gasteiger partial charge in [0.1, 0.15) is 0 Å². The van der Waals surface area contributed by atoms with Gasteiger partial charge in [-0.05, 0) is 54.1 Å². The highest BCUT2D eigenvalue weighted by molar-refractivity contribution is 14.1. The van der Waals surface area contributed by atoms with Crippen molar-refractivity contribution in [2.45, 2.75) is 19.4 Å². The Balaban J connectivity index is 2.21. The highest BCUT2D eigenvalue weighted by atomic mass is 127. The summed E-state index contributed by atoms with van der Waals surface area (Å²) in [6.07, 6.45) is 1.05. The van der Waals surface area contributed by atoms with Gasteiger partial charge in [0.25, 0.3) is 5.91 Å². The van der Waals surface area contributed by atoms with Gasteiger partial charge in [-0.2, -0.15) is 0 Å². The first-order valence-electron chi connectivity index (χ1n) is 5.84. The van der Waals surface area contributed by atoms with Gasteiger partial charge in [-0.3, -0.25) is 4.79 Å². The van der Waals surface area contributed by atoms with Crippen LogP contribution >= 0.6 is 22.6 Å². The van der Waals surface area contributed by atoms with Gasteiger partial charge in [0.15, 0.2) is 0 Å².